The molecule has 1 aromatic rings. The van der Waals surface area contributed by atoms with Crippen LogP contribution in [0.25, 0.3) is 0 Å². The van der Waals surface area contributed by atoms with Crippen LogP contribution in [0.15, 0.2) is 24.3 Å². The Bertz CT molecular complexity index is 428. The molecular weight excluding hydrogens is 258 g/mol. The van der Waals surface area contributed by atoms with E-state index in [0.717, 1.165) is 19.7 Å². The number of benzene rings is 1. The van der Waals surface area contributed by atoms with E-state index < -0.39 is 5.97 Å². The van der Waals surface area contributed by atoms with Crippen molar-refractivity contribution in [2.45, 2.75) is 18.9 Å². The molecule has 5 heteroatoms. The Morgan fingerprint density at radius 1 is 1.25 bits per heavy atom. The second-order valence-electron chi connectivity index (χ2n) is 4.94. The Balaban J connectivity index is 1.74. The Hall–Kier alpha value is -1.59. The van der Waals surface area contributed by atoms with Gasteiger partial charge in [-0.3, -0.25) is 4.90 Å². The monoisotopic (exact) mass is 279 g/mol. The van der Waals surface area contributed by atoms with Crippen molar-refractivity contribution in [3.8, 4) is 5.75 Å². The molecule has 1 saturated carbocycles. The van der Waals surface area contributed by atoms with Crippen LogP contribution in [-0.4, -0.2) is 55.4 Å². The SMILES string of the molecule is COCCN(CCOc1ccc(C(=O)O)cc1)C1CC1. The van der Waals surface area contributed by atoms with Crippen molar-refractivity contribution >= 4 is 5.97 Å². The number of aromatic carboxylic acids is 1. The van der Waals surface area contributed by atoms with Gasteiger partial charge in [-0.05, 0) is 37.1 Å². The highest BCUT2D eigenvalue weighted by Crippen LogP contribution is 2.26. The summed E-state index contributed by atoms with van der Waals surface area (Å²) in [5, 5.41) is 8.82. The molecule has 110 valence electrons. The highest BCUT2D eigenvalue weighted by molar-refractivity contribution is 5.87. The maximum absolute atomic E-state index is 10.7. The van der Waals surface area contributed by atoms with Crippen LogP contribution in [-0.2, 0) is 4.74 Å². The number of methoxy groups -OCH3 is 1. The van der Waals surface area contributed by atoms with Gasteiger partial charge in [0, 0.05) is 26.2 Å². The zero-order valence-corrected chi connectivity index (χ0v) is 11.7. The van der Waals surface area contributed by atoms with Crippen LogP contribution >= 0.6 is 0 Å². The van der Waals surface area contributed by atoms with Crippen LogP contribution in [0.3, 0.4) is 0 Å². The van der Waals surface area contributed by atoms with Gasteiger partial charge in [-0.2, -0.15) is 0 Å². The van der Waals surface area contributed by atoms with Gasteiger partial charge in [0.05, 0.1) is 12.2 Å². The lowest BCUT2D eigenvalue weighted by Gasteiger charge is -2.21. The molecule has 0 spiro atoms. The first-order valence-electron chi connectivity index (χ1n) is 6.90. The predicted octanol–water partition coefficient (Wildman–Crippen LogP) is 1.87. The molecular formula is C15H21NO4. The number of rotatable bonds is 9. The Morgan fingerprint density at radius 3 is 2.45 bits per heavy atom. The second kappa shape index (κ2) is 7.26. The van der Waals surface area contributed by atoms with E-state index in [-0.39, 0.29) is 5.56 Å². The van der Waals surface area contributed by atoms with E-state index in [9.17, 15) is 4.79 Å². The van der Waals surface area contributed by atoms with Gasteiger partial charge in [0.15, 0.2) is 0 Å². The number of ether oxygens (including phenoxy) is 2. The number of carboxylic acids is 1. The van der Waals surface area contributed by atoms with Crippen LogP contribution in [0.4, 0.5) is 0 Å². The summed E-state index contributed by atoms with van der Waals surface area (Å²) in [7, 11) is 1.71. The van der Waals surface area contributed by atoms with E-state index in [1.165, 1.54) is 12.8 Å². The lowest BCUT2D eigenvalue weighted by atomic mass is 10.2. The quantitative estimate of drug-likeness (QED) is 0.748. The van der Waals surface area contributed by atoms with Gasteiger partial charge < -0.3 is 14.6 Å². The molecule has 0 bridgehead atoms. The normalized spacial score (nSPS) is 14.5. The molecule has 1 aliphatic carbocycles. The van der Waals surface area contributed by atoms with E-state index in [1.807, 2.05) is 0 Å². The molecule has 0 radical (unpaired) electrons. The van der Waals surface area contributed by atoms with Gasteiger partial charge in [0.25, 0.3) is 0 Å². The largest absolute Gasteiger partial charge is 0.492 e. The maximum Gasteiger partial charge on any atom is 0.335 e. The average Bonchev–Trinajstić information content (AvgIpc) is 3.27. The van der Waals surface area contributed by atoms with Crippen LogP contribution in [0.5, 0.6) is 5.75 Å². The molecule has 2 rings (SSSR count). The van der Waals surface area contributed by atoms with Crippen molar-refractivity contribution in [1.82, 2.24) is 4.90 Å². The number of hydrogen-bond donors (Lipinski definition) is 1. The molecule has 0 amide bonds. The molecule has 1 fully saturated rings. The fourth-order valence-corrected chi connectivity index (χ4v) is 2.10. The van der Waals surface area contributed by atoms with Crippen LogP contribution in [0, 0.1) is 0 Å². The zero-order valence-electron chi connectivity index (χ0n) is 11.7. The fourth-order valence-electron chi connectivity index (χ4n) is 2.10. The third-order valence-corrected chi connectivity index (χ3v) is 3.39. The molecule has 0 aliphatic heterocycles. The molecule has 20 heavy (non-hydrogen) atoms. The molecule has 1 aromatic carbocycles. The number of nitrogens with zero attached hydrogens (tertiary/aromatic N) is 1. The van der Waals surface area contributed by atoms with Crippen molar-refractivity contribution in [2.75, 3.05) is 33.4 Å². The van der Waals surface area contributed by atoms with Crippen LogP contribution in [0.1, 0.15) is 23.2 Å². The molecule has 0 heterocycles. The number of hydrogen-bond acceptors (Lipinski definition) is 4. The fraction of sp³-hybridized carbons (Fsp3) is 0.533. The van der Waals surface area contributed by atoms with Crippen LogP contribution in [0.2, 0.25) is 0 Å². The predicted molar refractivity (Wildman–Crippen MR) is 75.4 cm³/mol. The third-order valence-electron chi connectivity index (χ3n) is 3.39. The van der Waals surface area contributed by atoms with E-state index in [2.05, 4.69) is 4.90 Å². The smallest absolute Gasteiger partial charge is 0.335 e. The van der Waals surface area contributed by atoms with Crippen molar-refractivity contribution in [3.05, 3.63) is 29.8 Å². The molecule has 0 atom stereocenters. The van der Waals surface area contributed by atoms with Gasteiger partial charge in [0.2, 0.25) is 0 Å². The first kappa shape index (κ1) is 14.8. The van der Waals surface area contributed by atoms with Gasteiger partial charge in [-0.1, -0.05) is 0 Å². The van der Waals surface area contributed by atoms with E-state index in [4.69, 9.17) is 14.6 Å². The first-order chi connectivity index (χ1) is 9.70. The molecule has 5 nitrogen and oxygen atoms in total. The molecule has 0 saturated heterocycles. The highest BCUT2D eigenvalue weighted by atomic mass is 16.5. The van der Waals surface area contributed by atoms with Gasteiger partial charge in [-0.25, -0.2) is 4.79 Å². The summed E-state index contributed by atoms with van der Waals surface area (Å²) in [4.78, 5) is 13.1. The summed E-state index contributed by atoms with van der Waals surface area (Å²) < 4.78 is 10.8. The lowest BCUT2D eigenvalue weighted by molar-refractivity contribution is 0.0697. The standard InChI is InChI=1S/C15H21NO4/c1-19-10-8-16(13-4-5-13)9-11-20-14-6-2-12(3-7-14)15(17)18/h2-3,6-7,13H,4-5,8-11H2,1H3,(H,17,18). The van der Waals surface area contributed by atoms with Crippen LogP contribution < -0.4 is 4.74 Å². The molecule has 0 unspecified atom stereocenters. The van der Waals surface area contributed by atoms with Crippen molar-refractivity contribution < 1.29 is 19.4 Å². The summed E-state index contributed by atoms with van der Waals surface area (Å²) in [6.07, 6.45) is 2.52. The summed E-state index contributed by atoms with van der Waals surface area (Å²) in [6.45, 7) is 3.15. The Morgan fingerprint density at radius 2 is 1.90 bits per heavy atom. The summed E-state index contributed by atoms with van der Waals surface area (Å²) in [5.41, 5.74) is 0.275. The minimum Gasteiger partial charge on any atom is -0.492 e. The highest BCUT2D eigenvalue weighted by Gasteiger charge is 2.28. The van der Waals surface area contributed by atoms with Crippen molar-refractivity contribution in [1.29, 1.82) is 0 Å². The zero-order chi connectivity index (χ0) is 14.4. The van der Waals surface area contributed by atoms with Crippen molar-refractivity contribution in [2.24, 2.45) is 0 Å². The van der Waals surface area contributed by atoms with E-state index in [0.29, 0.717) is 18.4 Å². The lowest BCUT2D eigenvalue weighted by Crippen LogP contribution is -2.33. The van der Waals surface area contributed by atoms with Gasteiger partial charge >= 0.3 is 5.97 Å². The minimum atomic E-state index is -0.920. The molecule has 0 aromatic heterocycles. The topological polar surface area (TPSA) is 59.0 Å². The summed E-state index contributed by atoms with van der Waals surface area (Å²) in [6, 6.07) is 7.19. The van der Waals surface area contributed by atoms with E-state index in [1.54, 1.807) is 31.4 Å². The van der Waals surface area contributed by atoms with E-state index >= 15 is 0 Å². The van der Waals surface area contributed by atoms with Crippen molar-refractivity contribution in [3.63, 3.8) is 0 Å². The third kappa shape index (κ3) is 4.51. The molecule has 1 N–H and O–H groups in total. The molecule has 1 aliphatic rings. The summed E-state index contributed by atoms with van der Waals surface area (Å²) in [5.74, 6) is -0.214. The number of carbonyl (C=O) groups is 1. The Kier molecular flexibility index (Phi) is 5.38. The summed E-state index contributed by atoms with van der Waals surface area (Å²) >= 11 is 0. The minimum absolute atomic E-state index is 0.275. The van der Waals surface area contributed by atoms with Gasteiger partial charge in [0.1, 0.15) is 12.4 Å². The number of carboxylic acid groups (broad SMARTS) is 1. The van der Waals surface area contributed by atoms with Gasteiger partial charge in [-0.15, -0.1) is 0 Å². The first-order valence-corrected chi connectivity index (χ1v) is 6.90. The maximum atomic E-state index is 10.7. The Labute approximate surface area is 119 Å². The second-order valence-corrected chi connectivity index (χ2v) is 4.94. The average molecular weight is 279 g/mol.